The van der Waals surface area contributed by atoms with Crippen molar-refractivity contribution < 1.29 is 32.6 Å². The van der Waals surface area contributed by atoms with Crippen molar-refractivity contribution in [3.05, 3.63) is 35.3 Å². The lowest BCUT2D eigenvalue weighted by atomic mass is 9.82. The highest BCUT2D eigenvalue weighted by Gasteiger charge is 2.31. The molecular weight excluding hydrogens is 421 g/mol. The molecule has 1 aromatic heterocycles. The van der Waals surface area contributed by atoms with Crippen LogP contribution in [0.4, 0.5) is 13.2 Å². The fraction of sp³-hybridized carbons (Fsp3) is 0.450. The van der Waals surface area contributed by atoms with Gasteiger partial charge >= 0.3 is 12.3 Å². The van der Waals surface area contributed by atoms with E-state index < -0.39 is 12.3 Å². The van der Waals surface area contributed by atoms with Gasteiger partial charge in [-0.1, -0.05) is 0 Å². The van der Waals surface area contributed by atoms with Gasteiger partial charge in [0.2, 0.25) is 5.91 Å². The van der Waals surface area contributed by atoms with E-state index in [4.69, 9.17) is 5.11 Å². The van der Waals surface area contributed by atoms with Crippen molar-refractivity contribution in [2.75, 3.05) is 6.54 Å². The van der Waals surface area contributed by atoms with Crippen molar-refractivity contribution in [3.63, 3.8) is 0 Å². The number of carbonyl (C=O) groups excluding carboxylic acids is 1. The predicted molar refractivity (Wildman–Crippen MR) is 104 cm³/mol. The molecule has 2 aromatic rings. The molecule has 6 nitrogen and oxygen atoms in total. The number of carboxylic acid groups (broad SMARTS) is 1. The van der Waals surface area contributed by atoms with Crippen LogP contribution in [0.5, 0.6) is 5.75 Å². The number of hydrogen-bond acceptors (Lipinski definition) is 5. The molecule has 10 heteroatoms. The highest BCUT2D eigenvalue weighted by molar-refractivity contribution is 7.13. The first kappa shape index (κ1) is 22.1. The Labute approximate surface area is 175 Å². The van der Waals surface area contributed by atoms with Crippen molar-refractivity contribution in [2.24, 2.45) is 11.8 Å². The van der Waals surface area contributed by atoms with Gasteiger partial charge in [0.25, 0.3) is 0 Å². The first-order valence-corrected chi connectivity index (χ1v) is 10.4. The van der Waals surface area contributed by atoms with Crippen LogP contribution in [0.2, 0.25) is 0 Å². The number of halogens is 3. The van der Waals surface area contributed by atoms with Gasteiger partial charge in [0, 0.05) is 17.5 Å². The van der Waals surface area contributed by atoms with Crippen LogP contribution in [0.25, 0.3) is 10.6 Å². The van der Waals surface area contributed by atoms with Gasteiger partial charge in [-0.15, -0.1) is 24.5 Å². The Morgan fingerprint density at radius 1 is 1.17 bits per heavy atom. The molecule has 1 heterocycles. The highest BCUT2D eigenvalue weighted by atomic mass is 32.1. The summed E-state index contributed by atoms with van der Waals surface area (Å²) in [5, 5.41) is 14.2. The van der Waals surface area contributed by atoms with Gasteiger partial charge in [0.15, 0.2) is 0 Å². The molecule has 1 aromatic carbocycles. The summed E-state index contributed by atoms with van der Waals surface area (Å²) in [7, 11) is 0. The van der Waals surface area contributed by atoms with Crippen LogP contribution < -0.4 is 10.1 Å². The number of thiazole rings is 1. The van der Waals surface area contributed by atoms with Gasteiger partial charge in [-0.3, -0.25) is 9.59 Å². The topological polar surface area (TPSA) is 88.5 Å². The maximum atomic E-state index is 12.2. The number of rotatable bonds is 7. The summed E-state index contributed by atoms with van der Waals surface area (Å²) in [5.74, 6) is -1.22. The van der Waals surface area contributed by atoms with E-state index in [0.717, 1.165) is 12.8 Å². The van der Waals surface area contributed by atoms with Gasteiger partial charge in [0.05, 0.1) is 18.0 Å². The summed E-state index contributed by atoms with van der Waals surface area (Å²) >= 11 is 1.30. The number of hydrogen-bond donors (Lipinski definition) is 2. The van der Waals surface area contributed by atoms with E-state index in [1.165, 1.54) is 35.6 Å². The lowest BCUT2D eigenvalue weighted by Gasteiger charge is -2.26. The molecule has 0 atom stereocenters. The van der Waals surface area contributed by atoms with Gasteiger partial charge in [-0.05, 0) is 55.9 Å². The van der Waals surface area contributed by atoms with Gasteiger partial charge in [-0.2, -0.15) is 0 Å². The standard InChI is InChI=1S/C20H21F3N2O4S/c21-20(22,23)29-16-7-5-13(6-8-16)18-25-15(11-30-18)9-17(26)24-10-12-1-3-14(4-2-12)19(27)28/h5-8,11-12,14H,1-4,9-10H2,(H,24,26)(H,27,28). The molecule has 0 saturated heterocycles. The minimum Gasteiger partial charge on any atom is -0.481 e. The largest absolute Gasteiger partial charge is 0.573 e. The summed E-state index contributed by atoms with van der Waals surface area (Å²) < 4.78 is 40.5. The third-order valence-electron chi connectivity index (χ3n) is 5.01. The zero-order valence-electron chi connectivity index (χ0n) is 15.9. The third kappa shape index (κ3) is 6.45. The Hall–Kier alpha value is -2.62. The number of aromatic nitrogens is 1. The Balaban J connectivity index is 1.47. The Morgan fingerprint density at radius 3 is 2.43 bits per heavy atom. The molecule has 1 fully saturated rings. The van der Waals surface area contributed by atoms with Gasteiger partial charge < -0.3 is 15.2 Å². The molecule has 3 rings (SSSR count). The van der Waals surface area contributed by atoms with E-state index in [2.05, 4.69) is 15.0 Å². The van der Waals surface area contributed by atoms with Crippen molar-refractivity contribution in [2.45, 2.75) is 38.5 Å². The van der Waals surface area contributed by atoms with Gasteiger partial charge in [-0.25, -0.2) is 4.98 Å². The van der Waals surface area contributed by atoms with Gasteiger partial charge in [0.1, 0.15) is 10.8 Å². The number of carboxylic acids is 1. The summed E-state index contributed by atoms with van der Waals surface area (Å²) in [4.78, 5) is 27.5. The monoisotopic (exact) mass is 442 g/mol. The van der Waals surface area contributed by atoms with Crippen molar-refractivity contribution in [3.8, 4) is 16.3 Å². The van der Waals surface area contributed by atoms with E-state index in [-0.39, 0.29) is 29.9 Å². The Morgan fingerprint density at radius 2 is 1.83 bits per heavy atom. The smallest absolute Gasteiger partial charge is 0.481 e. The minimum absolute atomic E-state index is 0.107. The summed E-state index contributed by atoms with van der Waals surface area (Å²) in [6, 6.07) is 5.40. The van der Waals surface area contributed by atoms with Crippen molar-refractivity contribution in [1.29, 1.82) is 0 Å². The van der Waals surface area contributed by atoms with Crippen LogP contribution in [0.1, 0.15) is 31.4 Å². The van der Waals surface area contributed by atoms with E-state index in [1.54, 1.807) is 5.38 Å². The maximum absolute atomic E-state index is 12.2. The van der Waals surface area contributed by atoms with E-state index in [9.17, 15) is 22.8 Å². The number of benzene rings is 1. The first-order valence-electron chi connectivity index (χ1n) is 9.49. The zero-order chi connectivity index (χ0) is 21.7. The van der Waals surface area contributed by atoms with E-state index in [0.29, 0.717) is 35.7 Å². The lowest BCUT2D eigenvalue weighted by Crippen LogP contribution is -2.33. The second-order valence-electron chi connectivity index (χ2n) is 7.25. The molecule has 30 heavy (non-hydrogen) atoms. The fourth-order valence-corrected chi connectivity index (χ4v) is 4.24. The molecule has 0 aliphatic heterocycles. The number of alkyl halides is 3. The van der Waals surface area contributed by atoms with Crippen LogP contribution >= 0.6 is 11.3 Å². The van der Waals surface area contributed by atoms with Crippen molar-refractivity contribution >= 4 is 23.2 Å². The molecule has 1 saturated carbocycles. The first-order chi connectivity index (χ1) is 14.2. The Kier molecular flexibility index (Phi) is 6.96. The lowest BCUT2D eigenvalue weighted by molar-refractivity contribution is -0.274. The van der Waals surface area contributed by atoms with E-state index >= 15 is 0 Å². The SMILES string of the molecule is O=C(Cc1csc(-c2ccc(OC(F)(F)F)cc2)n1)NCC1CCC(C(=O)O)CC1. The molecule has 2 N–H and O–H groups in total. The van der Waals surface area contributed by atoms with E-state index in [1.807, 2.05) is 0 Å². The summed E-state index contributed by atoms with van der Waals surface area (Å²) in [5.41, 5.74) is 1.22. The molecule has 0 unspecified atom stereocenters. The molecule has 1 aliphatic carbocycles. The molecule has 0 bridgehead atoms. The number of aliphatic carboxylic acids is 1. The fourth-order valence-electron chi connectivity index (χ4n) is 3.42. The van der Waals surface area contributed by atoms with Crippen molar-refractivity contribution in [1.82, 2.24) is 10.3 Å². The quantitative estimate of drug-likeness (QED) is 0.669. The number of carbonyl (C=O) groups is 2. The average Bonchev–Trinajstić information content (AvgIpc) is 3.14. The third-order valence-corrected chi connectivity index (χ3v) is 5.95. The minimum atomic E-state index is -4.74. The Bertz CT molecular complexity index is 875. The molecular formula is C20H21F3N2O4S. The number of ether oxygens (including phenoxy) is 1. The zero-order valence-corrected chi connectivity index (χ0v) is 16.8. The second-order valence-corrected chi connectivity index (χ2v) is 8.11. The highest BCUT2D eigenvalue weighted by Crippen LogP contribution is 2.29. The molecule has 0 radical (unpaired) electrons. The summed E-state index contributed by atoms with van der Waals surface area (Å²) in [6.07, 6.45) is -1.79. The summed E-state index contributed by atoms with van der Waals surface area (Å²) in [6.45, 7) is 0.517. The number of nitrogens with one attached hydrogen (secondary N) is 1. The molecule has 1 aliphatic rings. The van der Waals surface area contributed by atoms with Crippen LogP contribution in [0.15, 0.2) is 29.6 Å². The molecule has 0 spiro atoms. The molecule has 1 amide bonds. The van der Waals surface area contributed by atoms with Crippen LogP contribution in [-0.4, -0.2) is 34.9 Å². The van der Waals surface area contributed by atoms with Crippen LogP contribution in [0, 0.1) is 11.8 Å². The van der Waals surface area contributed by atoms with Crippen LogP contribution in [-0.2, 0) is 16.0 Å². The predicted octanol–water partition coefficient (Wildman–Crippen LogP) is 4.26. The normalized spacial score (nSPS) is 19.3. The number of amides is 1. The maximum Gasteiger partial charge on any atom is 0.573 e. The molecule has 162 valence electrons. The average molecular weight is 442 g/mol. The second kappa shape index (κ2) is 9.46. The van der Waals surface area contributed by atoms with Crippen LogP contribution in [0.3, 0.4) is 0 Å². The number of nitrogens with zero attached hydrogens (tertiary/aromatic N) is 1.